The minimum atomic E-state index is -0.635. The summed E-state index contributed by atoms with van der Waals surface area (Å²) in [4.78, 5) is 52.9. The summed E-state index contributed by atoms with van der Waals surface area (Å²) in [5.74, 6) is -2.08. The topological polar surface area (TPSA) is 98.8 Å². The van der Waals surface area contributed by atoms with Gasteiger partial charge in [-0.1, -0.05) is 30.3 Å². The van der Waals surface area contributed by atoms with Crippen LogP contribution in [0.1, 0.15) is 18.1 Å². The lowest BCUT2D eigenvalue weighted by molar-refractivity contribution is -0.125. The molecule has 31 heavy (non-hydrogen) atoms. The molecule has 0 bridgehead atoms. The second-order valence-corrected chi connectivity index (χ2v) is 7.55. The van der Waals surface area contributed by atoms with E-state index in [0.717, 1.165) is 10.5 Å². The molecule has 2 N–H and O–H groups in total. The largest absolute Gasteiger partial charge is 0.325 e. The van der Waals surface area contributed by atoms with Crippen LogP contribution in [-0.2, 0) is 19.2 Å². The van der Waals surface area contributed by atoms with Gasteiger partial charge in [0.1, 0.15) is 12.2 Å². The molecule has 156 valence electrons. The molecule has 2 aliphatic heterocycles. The van der Waals surface area contributed by atoms with Crippen LogP contribution in [0.4, 0.5) is 11.4 Å². The van der Waals surface area contributed by atoms with Crippen LogP contribution in [0.5, 0.6) is 0 Å². The van der Waals surface area contributed by atoms with Crippen LogP contribution < -0.4 is 15.5 Å². The fraction of sp³-hybridized carbons (Fsp3) is 0.136. The predicted octanol–water partition coefficient (Wildman–Crippen LogP) is 1.95. The second kappa shape index (κ2) is 7.77. The predicted molar refractivity (Wildman–Crippen MR) is 119 cm³/mol. The number of anilines is 2. The Morgan fingerprint density at radius 3 is 2.55 bits per heavy atom. The maximum Gasteiger partial charge on any atom is 0.275 e. The van der Waals surface area contributed by atoms with Gasteiger partial charge in [-0.15, -0.1) is 0 Å². The molecule has 0 radical (unpaired) electrons. The van der Waals surface area contributed by atoms with Gasteiger partial charge in [-0.05, 0) is 42.9 Å². The number of hydrogen-bond acceptors (Lipinski definition) is 5. The molecule has 0 spiro atoms. The van der Waals surface area contributed by atoms with Crippen molar-refractivity contribution in [3.8, 4) is 0 Å². The van der Waals surface area contributed by atoms with Gasteiger partial charge in [-0.2, -0.15) is 0 Å². The Hall–Kier alpha value is -3.85. The molecule has 1 saturated heterocycles. The molecule has 0 unspecified atom stereocenters. The van der Waals surface area contributed by atoms with Crippen LogP contribution >= 0.6 is 12.2 Å². The van der Waals surface area contributed by atoms with Crippen LogP contribution in [0, 0.1) is 6.92 Å². The molecule has 2 heterocycles. The van der Waals surface area contributed by atoms with Crippen molar-refractivity contribution in [2.75, 3.05) is 16.8 Å². The number of nitrogens with zero attached hydrogens (tertiary/aromatic N) is 2. The maximum absolute atomic E-state index is 13.3. The molecule has 0 aromatic heterocycles. The molecule has 9 heteroatoms. The van der Waals surface area contributed by atoms with Gasteiger partial charge in [-0.25, -0.2) is 0 Å². The Balaban J connectivity index is 1.71. The van der Waals surface area contributed by atoms with E-state index in [-0.39, 0.29) is 22.9 Å². The highest BCUT2D eigenvalue weighted by atomic mass is 32.1. The Labute approximate surface area is 183 Å². The molecule has 4 rings (SSSR count). The van der Waals surface area contributed by atoms with E-state index >= 15 is 0 Å². The molecular weight excluding hydrogens is 416 g/mol. The summed E-state index contributed by atoms with van der Waals surface area (Å²) in [6.45, 7) is 2.91. The van der Waals surface area contributed by atoms with Gasteiger partial charge < -0.3 is 5.32 Å². The minimum absolute atomic E-state index is 0.0338. The molecule has 4 amide bonds. The van der Waals surface area contributed by atoms with Gasteiger partial charge in [0, 0.05) is 18.2 Å². The van der Waals surface area contributed by atoms with Crippen molar-refractivity contribution >= 4 is 57.9 Å². The third kappa shape index (κ3) is 3.59. The van der Waals surface area contributed by atoms with Crippen molar-refractivity contribution in [3.05, 3.63) is 65.4 Å². The summed E-state index contributed by atoms with van der Waals surface area (Å²) in [5, 5.41) is 5.10. The highest BCUT2D eigenvalue weighted by molar-refractivity contribution is 7.80. The van der Waals surface area contributed by atoms with Crippen molar-refractivity contribution in [1.29, 1.82) is 0 Å². The van der Waals surface area contributed by atoms with Gasteiger partial charge >= 0.3 is 0 Å². The van der Waals surface area contributed by atoms with Gasteiger partial charge in [0.2, 0.25) is 11.8 Å². The Morgan fingerprint density at radius 2 is 1.84 bits per heavy atom. The average molecular weight is 434 g/mol. The quantitative estimate of drug-likeness (QED) is 0.568. The summed E-state index contributed by atoms with van der Waals surface area (Å²) in [6.07, 6.45) is 0. The standard InChI is InChI=1S/C22H18N4O4S/c1-12-6-5-7-14(10-12)23-17(28)11-25-16-9-4-3-8-15(16)18(21(25)30)19-20(29)24-22(31)26(19)13(2)27/h3-10H,11H2,1-2H3,(H,23,28)(H,24,29,31). The zero-order valence-electron chi connectivity index (χ0n) is 16.8. The third-order valence-corrected chi connectivity index (χ3v) is 5.23. The molecule has 2 aromatic rings. The lowest BCUT2D eigenvalue weighted by atomic mass is 10.0. The highest BCUT2D eigenvalue weighted by Gasteiger charge is 2.43. The number of amides is 4. The fourth-order valence-corrected chi connectivity index (χ4v) is 3.99. The van der Waals surface area contributed by atoms with E-state index < -0.39 is 23.6 Å². The monoisotopic (exact) mass is 434 g/mol. The van der Waals surface area contributed by atoms with Gasteiger partial charge in [0.05, 0.1) is 11.3 Å². The first-order valence-corrected chi connectivity index (χ1v) is 9.87. The lowest BCUT2D eigenvalue weighted by Crippen LogP contribution is -2.36. The van der Waals surface area contributed by atoms with Gasteiger partial charge in [-0.3, -0.25) is 34.3 Å². The number of aryl methyl sites for hydroxylation is 1. The first kappa shape index (κ1) is 20.4. The van der Waals surface area contributed by atoms with Crippen molar-refractivity contribution in [2.45, 2.75) is 13.8 Å². The zero-order chi connectivity index (χ0) is 22.3. The molecule has 0 aliphatic carbocycles. The number of nitrogens with one attached hydrogen (secondary N) is 2. The van der Waals surface area contributed by atoms with E-state index in [1.54, 1.807) is 30.3 Å². The number of thiocarbonyl (C=S) groups is 1. The summed E-state index contributed by atoms with van der Waals surface area (Å²) >= 11 is 5.08. The van der Waals surface area contributed by atoms with E-state index in [4.69, 9.17) is 12.2 Å². The molecular formula is C22H18N4O4S. The van der Waals surface area contributed by atoms with E-state index in [2.05, 4.69) is 10.6 Å². The number of hydrogen-bond donors (Lipinski definition) is 2. The second-order valence-electron chi connectivity index (χ2n) is 7.16. The lowest BCUT2D eigenvalue weighted by Gasteiger charge is -2.17. The number of fused-ring (bicyclic) bond motifs is 1. The molecule has 1 fully saturated rings. The highest BCUT2D eigenvalue weighted by Crippen LogP contribution is 2.40. The normalized spacial score (nSPS) is 17.7. The smallest absolute Gasteiger partial charge is 0.275 e. The van der Waals surface area contributed by atoms with Crippen LogP contribution in [0.3, 0.4) is 0 Å². The average Bonchev–Trinajstić information content (AvgIpc) is 3.14. The molecule has 0 atom stereocenters. The molecule has 0 saturated carbocycles. The summed E-state index contributed by atoms with van der Waals surface area (Å²) in [7, 11) is 0. The van der Waals surface area contributed by atoms with Gasteiger partial charge in [0.15, 0.2) is 5.11 Å². The Morgan fingerprint density at radius 1 is 1.10 bits per heavy atom. The Kier molecular flexibility index (Phi) is 5.12. The number of rotatable bonds is 3. The Bertz CT molecular complexity index is 1200. The summed E-state index contributed by atoms with van der Waals surface area (Å²) in [6, 6.07) is 14.1. The van der Waals surface area contributed by atoms with Crippen molar-refractivity contribution in [1.82, 2.24) is 10.2 Å². The van der Waals surface area contributed by atoms with Crippen LogP contribution in [0.15, 0.2) is 54.2 Å². The number of carbonyl (C=O) groups excluding carboxylic acids is 4. The van der Waals surface area contributed by atoms with Crippen LogP contribution in [-0.4, -0.2) is 40.2 Å². The van der Waals surface area contributed by atoms with Crippen molar-refractivity contribution in [3.63, 3.8) is 0 Å². The summed E-state index contributed by atoms with van der Waals surface area (Å²) in [5.41, 5.74) is 2.44. The molecule has 8 nitrogen and oxygen atoms in total. The third-order valence-electron chi connectivity index (χ3n) is 4.94. The van der Waals surface area contributed by atoms with E-state index in [1.807, 2.05) is 25.1 Å². The van der Waals surface area contributed by atoms with Crippen molar-refractivity contribution < 1.29 is 19.2 Å². The minimum Gasteiger partial charge on any atom is -0.325 e. The number of para-hydroxylation sites is 1. The van der Waals surface area contributed by atoms with E-state index in [9.17, 15) is 19.2 Å². The maximum atomic E-state index is 13.3. The van der Waals surface area contributed by atoms with Crippen LogP contribution in [0.25, 0.3) is 5.57 Å². The number of carbonyl (C=O) groups is 4. The summed E-state index contributed by atoms with van der Waals surface area (Å²) < 4.78 is 0. The molecule has 2 aliphatic rings. The van der Waals surface area contributed by atoms with Crippen LogP contribution in [0.2, 0.25) is 0 Å². The van der Waals surface area contributed by atoms with E-state index in [1.165, 1.54) is 11.8 Å². The zero-order valence-corrected chi connectivity index (χ0v) is 17.6. The van der Waals surface area contributed by atoms with Crippen molar-refractivity contribution in [2.24, 2.45) is 0 Å². The first-order chi connectivity index (χ1) is 14.8. The molecule has 2 aromatic carbocycles. The van der Waals surface area contributed by atoms with E-state index in [0.29, 0.717) is 16.9 Å². The first-order valence-electron chi connectivity index (χ1n) is 9.46. The van der Waals surface area contributed by atoms with Gasteiger partial charge in [0.25, 0.3) is 11.8 Å². The fourth-order valence-electron chi connectivity index (χ4n) is 3.67. The SMILES string of the molecule is CC(=O)N1C(=S)NC(=O)C1=C1C(=O)N(CC(=O)Nc2cccc(C)c2)c2ccccc21. The number of benzene rings is 2.